The van der Waals surface area contributed by atoms with Gasteiger partial charge in [0, 0.05) is 49.0 Å². The van der Waals surface area contributed by atoms with Gasteiger partial charge in [-0.25, -0.2) is 9.97 Å². The van der Waals surface area contributed by atoms with Gasteiger partial charge in [0.05, 0.1) is 26.4 Å². The van der Waals surface area contributed by atoms with Crippen LogP contribution in [0.25, 0.3) is 21.5 Å². The lowest BCUT2D eigenvalue weighted by atomic mass is 9.97. The van der Waals surface area contributed by atoms with Gasteiger partial charge in [0.25, 0.3) is 0 Å². The molecule has 0 aliphatic heterocycles. The van der Waals surface area contributed by atoms with Crippen LogP contribution in [0.2, 0.25) is 5.15 Å². The normalized spacial score (nSPS) is 11.4. The van der Waals surface area contributed by atoms with Gasteiger partial charge in [0.15, 0.2) is 0 Å². The second-order valence-corrected chi connectivity index (χ2v) is 12.3. The summed E-state index contributed by atoms with van der Waals surface area (Å²) in [6.45, 7) is 8.12. The number of nitrogens with zero attached hydrogens (tertiary/aromatic N) is 2. The molecule has 3 N–H and O–H groups in total. The minimum Gasteiger partial charge on any atom is -0.477 e. The molecule has 2 aromatic heterocycles. The summed E-state index contributed by atoms with van der Waals surface area (Å²) >= 11 is 12.6. The summed E-state index contributed by atoms with van der Waals surface area (Å²) in [4.78, 5) is 8.24. The fourth-order valence-corrected chi connectivity index (χ4v) is 3.54. The van der Waals surface area contributed by atoms with Crippen molar-refractivity contribution in [2.75, 3.05) is 26.4 Å². The molecule has 37 heavy (non-hydrogen) atoms. The Kier molecular flexibility index (Phi) is 12.2. The number of ether oxygens (including phenoxy) is 1. The van der Waals surface area contributed by atoms with E-state index >= 15 is 0 Å². The van der Waals surface area contributed by atoms with Gasteiger partial charge in [-0.2, -0.15) is 0 Å². The van der Waals surface area contributed by atoms with Crippen LogP contribution in [0.1, 0.15) is 27.7 Å². The first-order valence-electron chi connectivity index (χ1n) is 11.6. The molecule has 0 aliphatic carbocycles. The van der Waals surface area contributed by atoms with Gasteiger partial charge in [-0.15, -0.1) is 0 Å². The first kappa shape index (κ1) is 31.4. The topological polar surface area (TPSA) is 95.7 Å². The van der Waals surface area contributed by atoms with Crippen molar-refractivity contribution in [2.45, 2.75) is 27.7 Å². The highest BCUT2D eigenvalue weighted by atomic mass is 79.9. The molecule has 6 nitrogen and oxygen atoms in total. The number of hydrogen-bond acceptors (Lipinski definition) is 6. The predicted octanol–water partition coefficient (Wildman–Crippen LogP) is 7.04. The van der Waals surface area contributed by atoms with Gasteiger partial charge in [-0.3, -0.25) is 0 Å². The first-order valence-corrected chi connectivity index (χ1v) is 13.6. The molecule has 0 radical (unpaired) electrons. The monoisotopic (exact) mass is 654 g/mol. The minimum atomic E-state index is -0.306. The van der Waals surface area contributed by atoms with Crippen molar-refractivity contribution < 1.29 is 20.1 Å². The smallest absolute Gasteiger partial charge is 0.213 e. The highest BCUT2D eigenvalue weighted by Crippen LogP contribution is 2.24. The van der Waals surface area contributed by atoms with Gasteiger partial charge >= 0.3 is 0 Å². The van der Waals surface area contributed by atoms with E-state index in [0.717, 1.165) is 30.5 Å². The van der Waals surface area contributed by atoms with E-state index in [1.807, 2.05) is 62.4 Å². The van der Waals surface area contributed by atoms with Crippen molar-refractivity contribution in [1.82, 2.24) is 9.97 Å². The fourth-order valence-electron chi connectivity index (χ4n) is 2.62. The molecule has 0 atom stereocenters. The van der Waals surface area contributed by atoms with Gasteiger partial charge in [0.1, 0.15) is 5.15 Å². The second-order valence-electron chi connectivity index (χ2n) is 10.1. The van der Waals surface area contributed by atoms with Crippen LogP contribution >= 0.6 is 43.5 Å². The summed E-state index contributed by atoms with van der Waals surface area (Å²) in [5.41, 5.74) is -0.562. The van der Waals surface area contributed by atoms with Gasteiger partial charge in [-0.1, -0.05) is 83.3 Å². The van der Waals surface area contributed by atoms with Crippen LogP contribution in [0, 0.1) is 10.8 Å². The highest BCUT2D eigenvalue weighted by molar-refractivity contribution is 9.10. The number of aromatic nitrogens is 2. The first-order chi connectivity index (χ1) is 17.4. The molecular formula is C28H33Br2ClN2O4. The SMILES string of the molecule is CC(C)(CO)CO.CC(C)(CO)COc1cc2cc(Br)ccc2cn1.Clc1cc2cc(Br)ccc2cn1. The molecule has 0 saturated heterocycles. The average molecular weight is 657 g/mol. The number of rotatable bonds is 6. The molecule has 200 valence electrons. The molecule has 0 bridgehead atoms. The van der Waals surface area contributed by atoms with E-state index in [0.29, 0.717) is 17.6 Å². The number of fused-ring (bicyclic) bond motifs is 2. The van der Waals surface area contributed by atoms with Crippen LogP contribution in [0.4, 0.5) is 0 Å². The number of aliphatic hydroxyl groups excluding tert-OH is 3. The molecule has 0 saturated carbocycles. The van der Waals surface area contributed by atoms with Crippen molar-refractivity contribution in [3.8, 4) is 5.88 Å². The minimum absolute atomic E-state index is 0.0451. The summed E-state index contributed by atoms with van der Waals surface area (Å²) in [6.07, 6.45) is 3.56. The maximum atomic E-state index is 9.17. The molecule has 9 heteroatoms. The molecule has 0 amide bonds. The highest BCUT2D eigenvalue weighted by Gasteiger charge is 2.17. The Morgan fingerprint density at radius 3 is 1.68 bits per heavy atom. The molecule has 2 heterocycles. The third-order valence-electron chi connectivity index (χ3n) is 5.20. The maximum absolute atomic E-state index is 9.17. The Morgan fingerprint density at radius 1 is 0.703 bits per heavy atom. The van der Waals surface area contributed by atoms with Crippen molar-refractivity contribution >= 4 is 65.0 Å². The van der Waals surface area contributed by atoms with E-state index in [9.17, 15) is 5.11 Å². The zero-order chi connectivity index (χ0) is 27.6. The van der Waals surface area contributed by atoms with E-state index in [-0.39, 0.29) is 30.7 Å². The number of aliphatic hydroxyl groups is 3. The van der Waals surface area contributed by atoms with Gasteiger partial charge in [0.2, 0.25) is 5.88 Å². The van der Waals surface area contributed by atoms with E-state index in [1.54, 1.807) is 26.2 Å². The van der Waals surface area contributed by atoms with Crippen LogP contribution in [0.5, 0.6) is 5.88 Å². The summed E-state index contributed by atoms with van der Waals surface area (Å²) in [5, 5.41) is 30.9. The van der Waals surface area contributed by atoms with E-state index in [4.69, 9.17) is 26.6 Å². The van der Waals surface area contributed by atoms with Crippen molar-refractivity contribution in [2.24, 2.45) is 10.8 Å². The maximum Gasteiger partial charge on any atom is 0.213 e. The molecule has 0 unspecified atom stereocenters. The lowest BCUT2D eigenvalue weighted by Crippen LogP contribution is -2.25. The molecule has 4 rings (SSSR count). The Morgan fingerprint density at radius 2 is 1.19 bits per heavy atom. The summed E-state index contributed by atoms with van der Waals surface area (Å²) < 4.78 is 7.71. The Bertz CT molecular complexity index is 1260. The zero-order valence-electron chi connectivity index (χ0n) is 21.4. The molecular weight excluding hydrogens is 624 g/mol. The van der Waals surface area contributed by atoms with Crippen LogP contribution < -0.4 is 4.74 Å². The van der Waals surface area contributed by atoms with Gasteiger partial charge in [-0.05, 0) is 41.1 Å². The third kappa shape index (κ3) is 10.8. The van der Waals surface area contributed by atoms with Crippen molar-refractivity contribution in [3.63, 3.8) is 0 Å². The predicted molar refractivity (Wildman–Crippen MR) is 158 cm³/mol. The molecule has 0 spiro atoms. The second kappa shape index (κ2) is 14.4. The Balaban J connectivity index is 0.000000218. The molecule has 0 aliphatic rings. The van der Waals surface area contributed by atoms with Crippen LogP contribution in [0.15, 0.2) is 69.9 Å². The fraction of sp³-hybridized carbons (Fsp3) is 0.357. The summed E-state index contributed by atoms with van der Waals surface area (Å²) in [7, 11) is 0. The summed E-state index contributed by atoms with van der Waals surface area (Å²) in [6, 6.07) is 15.8. The quantitative estimate of drug-likeness (QED) is 0.193. The van der Waals surface area contributed by atoms with E-state index in [2.05, 4.69) is 41.8 Å². The average Bonchev–Trinajstić information content (AvgIpc) is 2.87. The van der Waals surface area contributed by atoms with Crippen molar-refractivity contribution in [3.05, 3.63) is 75.0 Å². The Labute approximate surface area is 239 Å². The van der Waals surface area contributed by atoms with Crippen molar-refractivity contribution in [1.29, 1.82) is 0 Å². The largest absolute Gasteiger partial charge is 0.477 e. The molecule has 0 fully saturated rings. The standard InChI is InChI=1S/C14H16BrNO2.C9H5BrClN.C5H12O2/c1-14(2,8-17)9-18-13-6-11-5-12(15)4-3-10(11)7-16-13;10-8-2-1-6-5-12-9(11)4-7(6)3-8;1-5(2,3-6)4-7/h3-7,17H,8-9H2,1-2H3;1-5H;6-7H,3-4H2,1-2H3. The number of benzene rings is 2. The van der Waals surface area contributed by atoms with E-state index in [1.165, 1.54) is 0 Å². The number of hydrogen-bond donors (Lipinski definition) is 3. The molecule has 4 aromatic rings. The molecule has 2 aromatic carbocycles. The van der Waals surface area contributed by atoms with Crippen LogP contribution in [-0.2, 0) is 0 Å². The third-order valence-corrected chi connectivity index (χ3v) is 6.40. The Hall–Kier alpha value is -1.81. The lowest BCUT2D eigenvalue weighted by molar-refractivity contribution is 0.0857. The number of pyridine rings is 2. The number of halogens is 3. The zero-order valence-corrected chi connectivity index (χ0v) is 25.3. The van der Waals surface area contributed by atoms with Crippen LogP contribution in [0.3, 0.4) is 0 Å². The summed E-state index contributed by atoms with van der Waals surface area (Å²) in [5.74, 6) is 0.585. The lowest BCUT2D eigenvalue weighted by Gasteiger charge is -2.21. The van der Waals surface area contributed by atoms with Crippen LogP contribution in [-0.4, -0.2) is 51.7 Å². The van der Waals surface area contributed by atoms with Gasteiger partial charge < -0.3 is 20.1 Å². The van der Waals surface area contributed by atoms with E-state index < -0.39 is 0 Å².